The summed E-state index contributed by atoms with van der Waals surface area (Å²) < 4.78 is 0. The first-order valence-electron chi connectivity index (χ1n) is 9.19. The number of carbonyl (C=O) groups excluding carboxylic acids is 1. The maximum absolute atomic E-state index is 12.9. The zero-order chi connectivity index (χ0) is 16.5. The summed E-state index contributed by atoms with van der Waals surface area (Å²) in [6.07, 6.45) is 5.69. The highest BCUT2D eigenvalue weighted by atomic mass is 16.2. The zero-order valence-electron chi connectivity index (χ0n) is 14.2. The fourth-order valence-corrected chi connectivity index (χ4v) is 4.48. The Labute approximate surface area is 143 Å². The summed E-state index contributed by atoms with van der Waals surface area (Å²) in [4.78, 5) is 18.9. The molecule has 24 heavy (non-hydrogen) atoms. The maximum Gasteiger partial charge on any atom is 0.243 e. The summed E-state index contributed by atoms with van der Waals surface area (Å²) in [5.41, 5.74) is 3.45. The van der Waals surface area contributed by atoms with Gasteiger partial charge in [-0.25, -0.2) is 5.01 Å². The SMILES string of the molecule is N#CN1CCN2CCN(C3CCC(N4CCCN4)CN3)C(=O)[C@H]2C1. The minimum absolute atomic E-state index is 0.146. The number of carbonyl (C=O) groups is 1. The standard InChI is InChI=1S/C16H27N7O/c17-12-20-6-7-21-8-9-22(16(24)14(21)11-20)15-3-2-13(10-18-15)23-5-1-4-19-23/h13-15,18-19H,1-11H2/t13?,14-,15?/m1/s1. The summed E-state index contributed by atoms with van der Waals surface area (Å²) in [5, 5.41) is 15.1. The van der Waals surface area contributed by atoms with Crippen LogP contribution >= 0.6 is 0 Å². The van der Waals surface area contributed by atoms with Crippen LogP contribution in [0.3, 0.4) is 0 Å². The van der Waals surface area contributed by atoms with Gasteiger partial charge >= 0.3 is 0 Å². The van der Waals surface area contributed by atoms with Crippen LogP contribution in [0, 0.1) is 11.5 Å². The van der Waals surface area contributed by atoms with Crippen molar-refractivity contribution in [3.63, 3.8) is 0 Å². The van der Waals surface area contributed by atoms with Crippen molar-refractivity contribution in [1.82, 2.24) is 30.5 Å². The molecule has 2 N–H and O–H groups in total. The molecule has 0 aromatic carbocycles. The van der Waals surface area contributed by atoms with Gasteiger partial charge in [0.1, 0.15) is 6.04 Å². The molecule has 8 heteroatoms. The normalized spacial score (nSPS) is 35.8. The zero-order valence-corrected chi connectivity index (χ0v) is 14.2. The van der Waals surface area contributed by atoms with E-state index >= 15 is 0 Å². The third kappa shape index (κ3) is 2.97. The molecule has 3 atom stereocenters. The van der Waals surface area contributed by atoms with Gasteiger partial charge in [0.2, 0.25) is 5.91 Å². The van der Waals surface area contributed by atoms with Crippen LogP contribution in [0.15, 0.2) is 0 Å². The molecule has 4 aliphatic heterocycles. The van der Waals surface area contributed by atoms with Gasteiger partial charge in [0.05, 0.1) is 12.7 Å². The Morgan fingerprint density at radius 3 is 2.71 bits per heavy atom. The monoisotopic (exact) mass is 333 g/mol. The molecule has 4 saturated heterocycles. The van der Waals surface area contributed by atoms with E-state index in [0.29, 0.717) is 12.6 Å². The predicted octanol–water partition coefficient (Wildman–Crippen LogP) is -1.42. The Hall–Kier alpha value is -1.40. The number of nitriles is 1. The number of piperidine rings is 1. The fourth-order valence-electron chi connectivity index (χ4n) is 4.48. The molecule has 4 aliphatic rings. The molecule has 0 saturated carbocycles. The number of hydrogen-bond donors (Lipinski definition) is 2. The topological polar surface area (TPSA) is 77.9 Å². The molecule has 132 valence electrons. The highest BCUT2D eigenvalue weighted by Gasteiger charge is 2.41. The summed E-state index contributed by atoms with van der Waals surface area (Å²) in [6, 6.07) is 0.385. The number of hydrazine groups is 1. The molecular weight excluding hydrogens is 306 g/mol. The van der Waals surface area contributed by atoms with Crippen molar-refractivity contribution < 1.29 is 4.79 Å². The first kappa shape index (κ1) is 16.1. The highest BCUT2D eigenvalue weighted by molar-refractivity contribution is 5.83. The number of piperazine rings is 2. The van der Waals surface area contributed by atoms with Gasteiger partial charge in [-0.3, -0.25) is 20.4 Å². The number of fused-ring (bicyclic) bond motifs is 1. The molecule has 0 radical (unpaired) electrons. The molecule has 4 fully saturated rings. The van der Waals surface area contributed by atoms with Crippen LogP contribution in [0.25, 0.3) is 0 Å². The molecule has 0 aromatic heterocycles. The Morgan fingerprint density at radius 2 is 2.00 bits per heavy atom. The van der Waals surface area contributed by atoms with Crippen LogP contribution in [-0.4, -0.2) is 96.2 Å². The molecular formula is C16H27N7O. The molecule has 0 spiro atoms. The molecule has 1 amide bonds. The average Bonchev–Trinajstić information content (AvgIpc) is 3.17. The van der Waals surface area contributed by atoms with Gasteiger partial charge in [-0.05, 0) is 19.3 Å². The van der Waals surface area contributed by atoms with Crippen molar-refractivity contribution in [1.29, 1.82) is 5.26 Å². The Morgan fingerprint density at radius 1 is 1.12 bits per heavy atom. The van der Waals surface area contributed by atoms with Gasteiger partial charge in [-0.15, -0.1) is 0 Å². The second-order valence-electron chi connectivity index (χ2n) is 7.24. The van der Waals surface area contributed by atoms with Crippen LogP contribution in [0.1, 0.15) is 19.3 Å². The first-order chi connectivity index (χ1) is 11.8. The largest absolute Gasteiger partial charge is 0.324 e. The molecule has 0 bridgehead atoms. The van der Waals surface area contributed by atoms with Gasteiger partial charge in [-0.2, -0.15) is 5.26 Å². The van der Waals surface area contributed by atoms with Gasteiger partial charge in [-0.1, -0.05) is 0 Å². The quantitative estimate of drug-likeness (QED) is 0.601. The number of nitrogens with zero attached hydrogens (tertiary/aromatic N) is 5. The van der Waals surface area contributed by atoms with E-state index in [1.54, 1.807) is 4.90 Å². The Bertz CT molecular complexity index is 507. The van der Waals surface area contributed by atoms with E-state index in [1.165, 1.54) is 6.42 Å². The molecule has 4 heterocycles. The lowest BCUT2D eigenvalue weighted by Gasteiger charge is -2.48. The predicted molar refractivity (Wildman–Crippen MR) is 88.4 cm³/mol. The second kappa shape index (κ2) is 6.84. The van der Waals surface area contributed by atoms with E-state index < -0.39 is 0 Å². The Kier molecular flexibility index (Phi) is 4.59. The average molecular weight is 333 g/mol. The molecule has 4 rings (SSSR count). The highest BCUT2D eigenvalue weighted by Crippen LogP contribution is 2.22. The molecule has 0 aromatic rings. The van der Waals surface area contributed by atoms with Crippen LogP contribution in [0.2, 0.25) is 0 Å². The third-order valence-corrected chi connectivity index (χ3v) is 5.90. The summed E-state index contributed by atoms with van der Waals surface area (Å²) in [7, 11) is 0. The number of nitrogens with one attached hydrogen (secondary N) is 2. The van der Waals surface area contributed by atoms with Crippen molar-refractivity contribution in [2.45, 2.75) is 37.5 Å². The van der Waals surface area contributed by atoms with Gasteiger partial charge < -0.3 is 9.80 Å². The van der Waals surface area contributed by atoms with Gasteiger partial charge in [0.25, 0.3) is 0 Å². The van der Waals surface area contributed by atoms with Crippen molar-refractivity contribution in [3.8, 4) is 6.19 Å². The van der Waals surface area contributed by atoms with Crippen molar-refractivity contribution >= 4 is 5.91 Å². The fraction of sp³-hybridized carbons (Fsp3) is 0.875. The number of amides is 1. The van der Waals surface area contributed by atoms with Crippen molar-refractivity contribution in [3.05, 3.63) is 0 Å². The van der Waals surface area contributed by atoms with E-state index in [2.05, 4.69) is 26.8 Å². The lowest BCUT2D eigenvalue weighted by atomic mass is 10.0. The van der Waals surface area contributed by atoms with E-state index in [4.69, 9.17) is 5.26 Å². The van der Waals surface area contributed by atoms with Crippen LogP contribution in [-0.2, 0) is 4.79 Å². The maximum atomic E-state index is 12.9. The van der Waals surface area contributed by atoms with E-state index in [9.17, 15) is 4.79 Å². The summed E-state index contributed by atoms with van der Waals surface area (Å²) in [6.45, 7) is 6.96. The van der Waals surface area contributed by atoms with Crippen LogP contribution in [0.5, 0.6) is 0 Å². The first-order valence-corrected chi connectivity index (χ1v) is 9.19. The Balaban J connectivity index is 1.35. The summed E-state index contributed by atoms with van der Waals surface area (Å²) >= 11 is 0. The number of rotatable bonds is 2. The minimum Gasteiger partial charge on any atom is -0.324 e. The summed E-state index contributed by atoms with van der Waals surface area (Å²) in [5.74, 6) is 0.191. The number of hydrogen-bond acceptors (Lipinski definition) is 7. The molecule has 2 unspecified atom stereocenters. The molecule has 0 aliphatic carbocycles. The van der Waals surface area contributed by atoms with Gasteiger partial charge in [0.15, 0.2) is 6.19 Å². The van der Waals surface area contributed by atoms with E-state index in [0.717, 1.165) is 58.7 Å². The smallest absolute Gasteiger partial charge is 0.243 e. The third-order valence-electron chi connectivity index (χ3n) is 5.90. The van der Waals surface area contributed by atoms with E-state index in [-0.39, 0.29) is 18.1 Å². The van der Waals surface area contributed by atoms with Crippen molar-refractivity contribution in [2.75, 3.05) is 52.4 Å². The lowest BCUT2D eigenvalue weighted by molar-refractivity contribution is -0.149. The van der Waals surface area contributed by atoms with Crippen LogP contribution in [0.4, 0.5) is 0 Å². The van der Waals surface area contributed by atoms with Gasteiger partial charge in [0, 0.05) is 51.9 Å². The minimum atomic E-state index is -0.146. The molecule has 8 nitrogen and oxygen atoms in total. The van der Waals surface area contributed by atoms with E-state index in [1.807, 2.05) is 4.90 Å². The van der Waals surface area contributed by atoms with Crippen molar-refractivity contribution in [2.24, 2.45) is 0 Å². The van der Waals surface area contributed by atoms with Crippen LogP contribution < -0.4 is 10.7 Å². The lowest BCUT2D eigenvalue weighted by Crippen LogP contribution is -2.68. The second-order valence-corrected chi connectivity index (χ2v) is 7.24.